The molecule has 4 rings (SSSR count). The van der Waals surface area contributed by atoms with Gasteiger partial charge in [-0.2, -0.15) is 23.5 Å². The first-order valence-corrected chi connectivity index (χ1v) is 10.1. The monoisotopic (exact) mass is 440 g/mol. The summed E-state index contributed by atoms with van der Waals surface area (Å²) in [5, 5.41) is 21.2. The van der Waals surface area contributed by atoms with Crippen LogP contribution < -0.4 is 0 Å². The third-order valence-corrected chi connectivity index (χ3v) is 5.44. The van der Waals surface area contributed by atoms with E-state index in [-0.39, 0.29) is 11.4 Å². The molecule has 31 heavy (non-hydrogen) atoms. The van der Waals surface area contributed by atoms with Crippen LogP contribution in [0.4, 0.5) is 13.2 Å². The molecule has 0 bridgehead atoms. The van der Waals surface area contributed by atoms with E-state index in [1.165, 1.54) is 25.0 Å². The third-order valence-electron chi connectivity index (χ3n) is 4.44. The average molecular weight is 440 g/mol. The van der Waals surface area contributed by atoms with Gasteiger partial charge in [0.15, 0.2) is 16.7 Å². The highest BCUT2D eigenvalue weighted by Gasteiger charge is 2.39. The van der Waals surface area contributed by atoms with Crippen molar-refractivity contribution in [2.45, 2.75) is 17.1 Å². The predicted molar refractivity (Wildman–Crippen MR) is 109 cm³/mol. The van der Waals surface area contributed by atoms with Gasteiger partial charge >= 0.3 is 6.18 Å². The topological polar surface area (TPSA) is 72.3 Å². The maximum atomic E-state index is 13.6. The standard InChI is InChI=1S/C21H15F3N6S/c1-29-12-17(18(28-29)21(22,23)24)19-26-27-20(30(19)16-5-3-2-4-6-16)31-13-15-9-7-14(11-25)8-10-15/h2-10,12H,13H2,1H3. The number of hydrogen-bond donors (Lipinski definition) is 0. The normalized spacial score (nSPS) is 11.5. The number of benzene rings is 2. The van der Waals surface area contributed by atoms with Gasteiger partial charge in [-0.3, -0.25) is 9.25 Å². The molecular formula is C21H15F3N6S. The fourth-order valence-corrected chi connectivity index (χ4v) is 3.94. The number of thioether (sulfide) groups is 1. The van der Waals surface area contributed by atoms with Gasteiger partial charge in [0.05, 0.1) is 17.2 Å². The molecule has 0 fully saturated rings. The van der Waals surface area contributed by atoms with E-state index in [1.54, 1.807) is 41.0 Å². The molecule has 0 unspecified atom stereocenters. The van der Waals surface area contributed by atoms with Crippen molar-refractivity contribution in [2.75, 3.05) is 0 Å². The molecular weight excluding hydrogens is 425 g/mol. The second kappa shape index (κ2) is 8.28. The summed E-state index contributed by atoms with van der Waals surface area (Å²) in [6, 6.07) is 18.1. The van der Waals surface area contributed by atoms with Crippen molar-refractivity contribution < 1.29 is 13.2 Å². The average Bonchev–Trinajstić information content (AvgIpc) is 3.36. The lowest BCUT2D eigenvalue weighted by Gasteiger charge is -2.11. The minimum Gasteiger partial charge on any atom is -0.274 e. The summed E-state index contributed by atoms with van der Waals surface area (Å²) >= 11 is 1.34. The second-order valence-electron chi connectivity index (χ2n) is 6.64. The highest BCUT2D eigenvalue weighted by atomic mass is 32.2. The molecule has 2 aromatic carbocycles. The van der Waals surface area contributed by atoms with Crippen LogP contribution in [-0.4, -0.2) is 24.5 Å². The highest BCUT2D eigenvalue weighted by molar-refractivity contribution is 7.98. The Kier molecular flexibility index (Phi) is 5.52. The van der Waals surface area contributed by atoms with Crippen molar-refractivity contribution in [1.82, 2.24) is 24.5 Å². The SMILES string of the molecule is Cn1cc(-c2nnc(SCc3ccc(C#N)cc3)n2-c2ccccc2)c(C(F)(F)F)n1. The van der Waals surface area contributed by atoms with Gasteiger partial charge < -0.3 is 0 Å². The third kappa shape index (κ3) is 4.32. The Labute approximate surface area is 180 Å². The number of aryl methyl sites for hydroxylation is 1. The van der Waals surface area contributed by atoms with Gasteiger partial charge in [0, 0.05) is 24.7 Å². The summed E-state index contributed by atoms with van der Waals surface area (Å²) in [5.74, 6) is 0.574. The Bertz CT molecular complexity index is 1240. The summed E-state index contributed by atoms with van der Waals surface area (Å²) in [4.78, 5) is 0. The number of para-hydroxylation sites is 1. The minimum atomic E-state index is -4.63. The van der Waals surface area contributed by atoms with Crippen LogP contribution in [0.5, 0.6) is 0 Å². The number of halogens is 3. The summed E-state index contributed by atoms with van der Waals surface area (Å²) in [6.07, 6.45) is -3.33. The molecule has 0 aliphatic rings. The molecule has 0 N–H and O–H groups in total. The quantitative estimate of drug-likeness (QED) is 0.415. The summed E-state index contributed by atoms with van der Waals surface area (Å²) < 4.78 is 43.4. The predicted octanol–water partition coefficient (Wildman–Crippen LogP) is 4.85. The zero-order valence-electron chi connectivity index (χ0n) is 16.2. The van der Waals surface area contributed by atoms with Gasteiger partial charge in [0.25, 0.3) is 0 Å². The van der Waals surface area contributed by atoms with E-state index in [1.807, 2.05) is 18.2 Å². The second-order valence-corrected chi connectivity index (χ2v) is 7.58. The van der Waals surface area contributed by atoms with Gasteiger partial charge in [0.1, 0.15) is 0 Å². The lowest BCUT2D eigenvalue weighted by atomic mass is 10.2. The van der Waals surface area contributed by atoms with E-state index in [0.29, 0.717) is 22.2 Å². The number of alkyl halides is 3. The fraction of sp³-hybridized carbons (Fsp3) is 0.143. The first kappa shape index (κ1) is 20.7. The van der Waals surface area contributed by atoms with E-state index in [9.17, 15) is 13.2 Å². The molecule has 156 valence electrons. The van der Waals surface area contributed by atoms with Gasteiger partial charge in [0.2, 0.25) is 0 Å². The minimum absolute atomic E-state index is 0.0638. The van der Waals surface area contributed by atoms with Crippen LogP contribution in [0, 0.1) is 11.3 Å². The van der Waals surface area contributed by atoms with Crippen molar-refractivity contribution in [2.24, 2.45) is 7.05 Å². The number of nitriles is 1. The Morgan fingerprint density at radius 3 is 2.39 bits per heavy atom. The van der Waals surface area contributed by atoms with Crippen LogP contribution in [0.25, 0.3) is 17.1 Å². The van der Waals surface area contributed by atoms with Crippen molar-refractivity contribution >= 4 is 11.8 Å². The molecule has 0 aliphatic heterocycles. The molecule has 2 aromatic heterocycles. The maximum absolute atomic E-state index is 13.6. The van der Waals surface area contributed by atoms with Crippen molar-refractivity contribution in [3.05, 3.63) is 77.6 Å². The van der Waals surface area contributed by atoms with E-state index in [2.05, 4.69) is 21.4 Å². The summed E-state index contributed by atoms with van der Waals surface area (Å²) in [7, 11) is 1.43. The van der Waals surface area contributed by atoms with Gasteiger partial charge in [-0.15, -0.1) is 10.2 Å². The Morgan fingerprint density at radius 2 is 1.74 bits per heavy atom. The Balaban J connectivity index is 1.76. The lowest BCUT2D eigenvalue weighted by Crippen LogP contribution is -2.09. The molecule has 4 aromatic rings. The smallest absolute Gasteiger partial charge is 0.274 e. The fourth-order valence-electron chi connectivity index (χ4n) is 3.03. The molecule has 0 saturated carbocycles. The number of aromatic nitrogens is 5. The van der Waals surface area contributed by atoms with E-state index >= 15 is 0 Å². The first-order chi connectivity index (χ1) is 14.9. The number of nitrogens with zero attached hydrogens (tertiary/aromatic N) is 6. The molecule has 0 spiro atoms. The molecule has 0 amide bonds. The van der Waals surface area contributed by atoms with Gasteiger partial charge in [-0.1, -0.05) is 42.1 Å². The molecule has 0 aliphatic carbocycles. The summed E-state index contributed by atoms with van der Waals surface area (Å²) in [6.45, 7) is 0. The molecule has 0 atom stereocenters. The largest absolute Gasteiger partial charge is 0.435 e. The van der Waals surface area contributed by atoms with Crippen LogP contribution >= 0.6 is 11.8 Å². The number of rotatable bonds is 5. The van der Waals surface area contributed by atoms with Crippen LogP contribution in [0.1, 0.15) is 16.8 Å². The molecule has 6 nitrogen and oxygen atoms in total. The van der Waals surface area contributed by atoms with Crippen LogP contribution in [0.15, 0.2) is 66.0 Å². The zero-order valence-corrected chi connectivity index (χ0v) is 17.0. The number of hydrogen-bond acceptors (Lipinski definition) is 5. The van der Waals surface area contributed by atoms with Gasteiger partial charge in [-0.25, -0.2) is 0 Å². The molecule has 0 saturated heterocycles. The van der Waals surface area contributed by atoms with Gasteiger partial charge in [-0.05, 0) is 29.8 Å². The highest BCUT2D eigenvalue weighted by Crippen LogP contribution is 2.37. The van der Waals surface area contributed by atoms with E-state index in [4.69, 9.17) is 5.26 Å². The Morgan fingerprint density at radius 1 is 1.03 bits per heavy atom. The van der Waals surface area contributed by atoms with Crippen molar-refractivity contribution in [3.63, 3.8) is 0 Å². The molecule has 2 heterocycles. The summed E-state index contributed by atoms with van der Waals surface area (Å²) in [5.41, 5.74) is 0.992. The van der Waals surface area contributed by atoms with E-state index in [0.717, 1.165) is 10.2 Å². The zero-order chi connectivity index (χ0) is 22.0. The van der Waals surface area contributed by atoms with Crippen LogP contribution in [0.2, 0.25) is 0 Å². The van der Waals surface area contributed by atoms with E-state index < -0.39 is 11.9 Å². The lowest BCUT2D eigenvalue weighted by molar-refractivity contribution is -0.141. The first-order valence-electron chi connectivity index (χ1n) is 9.10. The molecule has 10 heteroatoms. The van der Waals surface area contributed by atoms with Crippen molar-refractivity contribution in [3.8, 4) is 23.1 Å². The molecule has 0 radical (unpaired) electrons. The van der Waals surface area contributed by atoms with Crippen LogP contribution in [-0.2, 0) is 19.0 Å². The Hall–Kier alpha value is -3.58. The van der Waals surface area contributed by atoms with Crippen LogP contribution in [0.3, 0.4) is 0 Å². The maximum Gasteiger partial charge on any atom is 0.435 e. The van der Waals surface area contributed by atoms with Crippen molar-refractivity contribution in [1.29, 1.82) is 5.26 Å².